The SMILES string of the molecule is c1cc2c(cn1)[SiH2]c1cnccc1S2. The van der Waals surface area contributed by atoms with E-state index >= 15 is 0 Å². The molecular weight excluding hydrogens is 208 g/mol. The normalized spacial score (nSPS) is 13.1. The molecule has 4 heteroatoms. The van der Waals surface area contributed by atoms with Gasteiger partial charge in [0.05, 0.1) is 9.52 Å². The number of fused-ring (bicyclic) bond motifs is 2. The Hall–Kier alpha value is -1.13. The summed E-state index contributed by atoms with van der Waals surface area (Å²) in [6.45, 7) is 0. The van der Waals surface area contributed by atoms with Gasteiger partial charge < -0.3 is 0 Å². The summed E-state index contributed by atoms with van der Waals surface area (Å²) in [5, 5.41) is 2.89. The number of pyridine rings is 2. The zero-order valence-electron chi connectivity index (χ0n) is 7.47. The van der Waals surface area contributed by atoms with E-state index in [1.807, 2.05) is 36.5 Å². The zero-order valence-corrected chi connectivity index (χ0v) is 9.70. The van der Waals surface area contributed by atoms with E-state index in [4.69, 9.17) is 0 Å². The Morgan fingerprint density at radius 1 is 0.929 bits per heavy atom. The highest BCUT2D eigenvalue weighted by Gasteiger charge is 2.15. The molecule has 0 bridgehead atoms. The van der Waals surface area contributed by atoms with E-state index in [2.05, 4.69) is 22.1 Å². The number of hydrogen-bond acceptors (Lipinski definition) is 3. The third kappa shape index (κ3) is 1.27. The quantitative estimate of drug-likeness (QED) is 0.497. The maximum atomic E-state index is 4.17. The topological polar surface area (TPSA) is 25.8 Å². The fourth-order valence-electron chi connectivity index (χ4n) is 1.62. The lowest BCUT2D eigenvalue weighted by Crippen LogP contribution is -2.33. The molecule has 0 amide bonds. The second-order valence-corrected chi connectivity index (χ2v) is 6.21. The van der Waals surface area contributed by atoms with Gasteiger partial charge in [0.25, 0.3) is 0 Å². The summed E-state index contributed by atoms with van der Waals surface area (Å²) in [5.74, 6) is 0. The fraction of sp³-hybridized carbons (Fsp3) is 0. The number of rotatable bonds is 0. The maximum Gasteiger partial charge on any atom is 0.0945 e. The Kier molecular flexibility index (Phi) is 1.88. The Morgan fingerprint density at radius 3 is 2.07 bits per heavy atom. The van der Waals surface area contributed by atoms with Crippen molar-refractivity contribution in [1.29, 1.82) is 0 Å². The molecule has 0 unspecified atom stereocenters. The van der Waals surface area contributed by atoms with Crippen LogP contribution in [0, 0.1) is 0 Å². The van der Waals surface area contributed by atoms with Crippen LogP contribution in [0.1, 0.15) is 0 Å². The van der Waals surface area contributed by atoms with Crippen LogP contribution in [0.3, 0.4) is 0 Å². The first kappa shape index (κ1) is 8.20. The summed E-state index contributed by atoms with van der Waals surface area (Å²) >= 11 is 1.84. The Morgan fingerprint density at radius 2 is 1.50 bits per heavy atom. The summed E-state index contributed by atoms with van der Waals surface area (Å²) in [6, 6.07) is 4.22. The summed E-state index contributed by atoms with van der Waals surface area (Å²) in [5.41, 5.74) is 0. The monoisotopic (exact) mass is 216 g/mol. The van der Waals surface area contributed by atoms with E-state index in [0.29, 0.717) is 0 Å². The summed E-state index contributed by atoms with van der Waals surface area (Å²) in [6.07, 6.45) is 7.74. The molecule has 0 N–H and O–H groups in total. The van der Waals surface area contributed by atoms with Crippen LogP contribution >= 0.6 is 11.8 Å². The predicted molar refractivity (Wildman–Crippen MR) is 60.4 cm³/mol. The van der Waals surface area contributed by atoms with Gasteiger partial charge in [0.15, 0.2) is 0 Å². The molecule has 3 rings (SSSR count). The van der Waals surface area contributed by atoms with Crippen molar-refractivity contribution in [1.82, 2.24) is 9.97 Å². The smallest absolute Gasteiger partial charge is 0.0945 e. The largest absolute Gasteiger partial charge is 0.265 e. The van der Waals surface area contributed by atoms with Crippen LogP contribution in [-0.4, -0.2) is 19.5 Å². The first-order chi connectivity index (χ1) is 6.93. The van der Waals surface area contributed by atoms with Gasteiger partial charge in [-0.2, -0.15) is 0 Å². The van der Waals surface area contributed by atoms with E-state index < -0.39 is 0 Å². The fourth-order valence-corrected chi connectivity index (χ4v) is 4.73. The minimum absolute atomic E-state index is 0.341. The van der Waals surface area contributed by atoms with Gasteiger partial charge in [0, 0.05) is 34.6 Å². The molecular formula is C10H8N2SSi. The molecule has 2 aromatic rings. The minimum Gasteiger partial charge on any atom is -0.265 e. The first-order valence-electron chi connectivity index (χ1n) is 4.47. The van der Waals surface area contributed by atoms with Crippen LogP contribution in [0.15, 0.2) is 46.7 Å². The molecule has 1 aliphatic rings. The highest BCUT2D eigenvalue weighted by atomic mass is 32.2. The predicted octanol–water partition coefficient (Wildman–Crippen LogP) is 0.0608. The van der Waals surface area contributed by atoms with Crippen molar-refractivity contribution < 1.29 is 0 Å². The van der Waals surface area contributed by atoms with Gasteiger partial charge in [-0.1, -0.05) is 11.8 Å². The van der Waals surface area contributed by atoms with Crippen LogP contribution in [-0.2, 0) is 0 Å². The molecule has 14 heavy (non-hydrogen) atoms. The average molecular weight is 216 g/mol. The van der Waals surface area contributed by atoms with Crippen molar-refractivity contribution in [3.8, 4) is 0 Å². The van der Waals surface area contributed by atoms with Crippen molar-refractivity contribution >= 4 is 31.7 Å². The van der Waals surface area contributed by atoms with Crippen LogP contribution in [0.5, 0.6) is 0 Å². The van der Waals surface area contributed by atoms with Gasteiger partial charge >= 0.3 is 0 Å². The zero-order chi connectivity index (χ0) is 9.38. The molecule has 0 atom stereocenters. The van der Waals surface area contributed by atoms with E-state index in [1.54, 1.807) is 0 Å². The van der Waals surface area contributed by atoms with Crippen molar-refractivity contribution in [2.45, 2.75) is 9.79 Å². The molecule has 68 valence electrons. The number of nitrogens with zero attached hydrogens (tertiary/aromatic N) is 2. The van der Waals surface area contributed by atoms with E-state index in [0.717, 1.165) is 0 Å². The molecule has 0 spiro atoms. The third-order valence-electron chi connectivity index (χ3n) is 2.32. The van der Waals surface area contributed by atoms with Crippen molar-refractivity contribution in [2.24, 2.45) is 0 Å². The van der Waals surface area contributed by atoms with Gasteiger partial charge in [0.2, 0.25) is 0 Å². The molecule has 0 radical (unpaired) electrons. The molecule has 0 aromatic carbocycles. The molecule has 0 aliphatic carbocycles. The Balaban J connectivity index is 2.12. The van der Waals surface area contributed by atoms with Crippen LogP contribution in [0.4, 0.5) is 0 Å². The van der Waals surface area contributed by atoms with Crippen LogP contribution in [0.25, 0.3) is 0 Å². The van der Waals surface area contributed by atoms with E-state index in [-0.39, 0.29) is 9.52 Å². The van der Waals surface area contributed by atoms with Crippen LogP contribution < -0.4 is 10.4 Å². The summed E-state index contributed by atoms with van der Waals surface area (Å²) in [4.78, 5) is 11.1. The molecule has 2 aromatic heterocycles. The first-order valence-corrected chi connectivity index (χ1v) is 6.70. The molecule has 0 saturated heterocycles. The lowest BCUT2D eigenvalue weighted by Gasteiger charge is -2.16. The average Bonchev–Trinajstić information content (AvgIpc) is 2.26. The Bertz CT molecular complexity index is 400. The lowest BCUT2D eigenvalue weighted by molar-refractivity contribution is 1.26. The van der Waals surface area contributed by atoms with Crippen molar-refractivity contribution in [3.63, 3.8) is 0 Å². The molecule has 1 aliphatic heterocycles. The summed E-state index contributed by atoms with van der Waals surface area (Å²) < 4.78 is 0. The molecule has 2 nitrogen and oxygen atoms in total. The van der Waals surface area contributed by atoms with Gasteiger partial charge in [-0.25, -0.2) is 0 Å². The molecule has 0 fully saturated rings. The van der Waals surface area contributed by atoms with Crippen LogP contribution in [0.2, 0.25) is 0 Å². The molecule has 0 saturated carbocycles. The Labute approximate surface area is 88.6 Å². The second-order valence-electron chi connectivity index (χ2n) is 3.25. The van der Waals surface area contributed by atoms with Gasteiger partial charge in [0.1, 0.15) is 0 Å². The van der Waals surface area contributed by atoms with E-state index in [9.17, 15) is 0 Å². The standard InChI is InChI=1S/C10H8N2SSi/c1-3-11-5-9-7(1)13-8-2-4-12-6-10(8)14-9/h1-6H,14H2. The van der Waals surface area contributed by atoms with Gasteiger partial charge in [-0.15, -0.1) is 0 Å². The number of hydrogen-bond donors (Lipinski definition) is 0. The highest BCUT2D eigenvalue weighted by molar-refractivity contribution is 8.00. The summed E-state index contributed by atoms with van der Waals surface area (Å²) in [7, 11) is -0.341. The van der Waals surface area contributed by atoms with Crippen molar-refractivity contribution in [3.05, 3.63) is 36.9 Å². The third-order valence-corrected chi connectivity index (χ3v) is 5.96. The second kappa shape index (κ2) is 3.22. The molecule has 3 heterocycles. The van der Waals surface area contributed by atoms with Gasteiger partial charge in [-0.3, -0.25) is 9.97 Å². The minimum atomic E-state index is -0.341. The number of aromatic nitrogens is 2. The maximum absolute atomic E-state index is 4.17. The van der Waals surface area contributed by atoms with E-state index in [1.165, 1.54) is 20.2 Å². The highest BCUT2D eigenvalue weighted by Crippen LogP contribution is 2.26. The van der Waals surface area contributed by atoms with Gasteiger partial charge in [-0.05, 0) is 22.5 Å². The lowest BCUT2D eigenvalue weighted by atomic mass is 10.5. The van der Waals surface area contributed by atoms with Crippen molar-refractivity contribution in [2.75, 3.05) is 0 Å².